The summed E-state index contributed by atoms with van der Waals surface area (Å²) < 4.78 is 32.9. The number of piperidine rings is 1. The van der Waals surface area contributed by atoms with Gasteiger partial charge in [-0.05, 0) is 37.8 Å². The molecule has 2 saturated heterocycles. The van der Waals surface area contributed by atoms with Crippen molar-refractivity contribution in [3.63, 3.8) is 0 Å². The van der Waals surface area contributed by atoms with E-state index in [1.54, 1.807) is 24.3 Å². The highest BCUT2D eigenvalue weighted by Crippen LogP contribution is 2.18. The third-order valence-corrected chi connectivity index (χ3v) is 6.38. The Kier molecular flexibility index (Phi) is 6.29. The number of carbonyl (C=O) groups is 1. The monoisotopic (exact) mass is 381 g/mol. The van der Waals surface area contributed by atoms with Crippen molar-refractivity contribution in [1.82, 2.24) is 14.9 Å². The van der Waals surface area contributed by atoms with Crippen molar-refractivity contribution in [2.45, 2.75) is 30.7 Å². The summed E-state index contributed by atoms with van der Waals surface area (Å²) in [5.41, 5.74) is 1.02. The van der Waals surface area contributed by atoms with Gasteiger partial charge in [-0.1, -0.05) is 17.7 Å². The van der Waals surface area contributed by atoms with Crippen molar-refractivity contribution in [2.24, 2.45) is 5.92 Å². The molecule has 1 aromatic carbocycles. The highest BCUT2D eigenvalue weighted by molar-refractivity contribution is 7.89. The predicted octanol–water partition coefficient (Wildman–Crippen LogP) is 0.500. The average molecular weight is 381 g/mol. The number of hydrogen-bond donors (Lipinski definition) is 2. The molecule has 0 bridgehead atoms. The quantitative estimate of drug-likeness (QED) is 0.776. The lowest BCUT2D eigenvalue weighted by Crippen LogP contribution is -2.55. The highest BCUT2D eigenvalue weighted by Gasteiger charge is 2.30. The van der Waals surface area contributed by atoms with Crippen LogP contribution in [0.5, 0.6) is 0 Å². The molecule has 144 valence electrons. The Labute approximate surface area is 155 Å². The number of nitrogens with one attached hydrogen (secondary N) is 2. The van der Waals surface area contributed by atoms with Gasteiger partial charge in [0.1, 0.15) is 6.04 Å². The first kappa shape index (κ1) is 19.3. The molecule has 2 unspecified atom stereocenters. The molecule has 2 aliphatic heterocycles. The summed E-state index contributed by atoms with van der Waals surface area (Å²) >= 11 is 0. The summed E-state index contributed by atoms with van der Waals surface area (Å²) in [5, 5.41) is 3.19. The molecular weight excluding hydrogens is 354 g/mol. The van der Waals surface area contributed by atoms with Gasteiger partial charge < -0.3 is 15.0 Å². The van der Waals surface area contributed by atoms with Crippen LogP contribution in [0.25, 0.3) is 0 Å². The molecule has 1 aromatic rings. The van der Waals surface area contributed by atoms with Gasteiger partial charge >= 0.3 is 0 Å². The van der Waals surface area contributed by atoms with Gasteiger partial charge in [0.25, 0.3) is 0 Å². The van der Waals surface area contributed by atoms with Crippen molar-refractivity contribution in [2.75, 3.05) is 39.4 Å². The van der Waals surface area contributed by atoms with Crippen molar-refractivity contribution in [1.29, 1.82) is 0 Å². The number of carbonyl (C=O) groups excluding carboxylic acids is 1. The Morgan fingerprint density at radius 2 is 2.12 bits per heavy atom. The molecule has 3 rings (SSSR count). The van der Waals surface area contributed by atoms with Crippen LogP contribution in [0.2, 0.25) is 0 Å². The summed E-state index contributed by atoms with van der Waals surface area (Å²) in [6, 6.07) is 6.52. The van der Waals surface area contributed by atoms with Gasteiger partial charge in [-0.15, -0.1) is 0 Å². The fourth-order valence-electron chi connectivity index (χ4n) is 3.40. The second-order valence-electron chi connectivity index (χ2n) is 7.04. The van der Waals surface area contributed by atoms with E-state index in [0.717, 1.165) is 24.9 Å². The van der Waals surface area contributed by atoms with Crippen LogP contribution in [0.3, 0.4) is 0 Å². The van der Waals surface area contributed by atoms with Crippen molar-refractivity contribution in [3.05, 3.63) is 29.8 Å². The van der Waals surface area contributed by atoms with E-state index in [-0.39, 0.29) is 22.8 Å². The molecule has 0 saturated carbocycles. The minimum Gasteiger partial charge on any atom is -0.378 e. The topological polar surface area (TPSA) is 87.7 Å². The summed E-state index contributed by atoms with van der Waals surface area (Å²) in [7, 11) is -3.52. The lowest BCUT2D eigenvalue weighted by atomic mass is 9.97. The van der Waals surface area contributed by atoms with E-state index in [1.165, 1.54) is 0 Å². The Bertz CT molecular complexity index is 714. The van der Waals surface area contributed by atoms with Crippen LogP contribution in [0.15, 0.2) is 29.2 Å². The van der Waals surface area contributed by atoms with Gasteiger partial charge in [0, 0.05) is 26.2 Å². The first-order valence-corrected chi connectivity index (χ1v) is 10.6. The number of amides is 1. The van der Waals surface area contributed by atoms with E-state index >= 15 is 0 Å². The van der Waals surface area contributed by atoms with Gasteiger partial charge in [0.2, 0.25) is 15.9 Å². The van der Waals surface area contributed by atoms with E-state index in [4.69, 9.17) is 4.74 Å². The van der Waals surface area contributed by atoms with Crippen molar-refractivity contribution >= 4 is 15.9 Å². The smallest absolute Gasteiger partial charge is 0.242 e. The van der Waals surface area contributed by atoms with E-state index in [2.05, 4.69) is 10.0 Å². The van der Waals surface area contributed by atoms with Crippen molar-refractivity contribution < 1.29 is 17.9 Å². The zero-order valence-corrected chi connectivity index (χ0v) is 15.9. The normalized spacial score (nSPS) is 24.4. The number of benzene rings is 1. The minimum atomic E-state index is -3.52. The molecule has 0 aliphatic carbocycles. The Morgan fingerprint density at radius 1 is 1.35 bits per heavy atom. The maximum absolute atomic E-state index is 12.6. The predicted molar refractivity (Wildman–Crippen MR) is 98.3 cm³/mol. The molecular formula is C18H27N3O4S. The van der Waals surface area contributed by atoms with Crippen molar-refractivity contribution in [3.8, 4) is 0 Å². The molecule has 7 nitrogen and oxygen atoms in total. The molecule has 8 heteroatoms. The fourth-order valence-corrected chi connectivity index (χ4v) is 4.52. The Balaban J connectivity index is 1.54. The van der Waals surface area contributed by atoms with Crippen LogP contribution in [-0.2, 0) is 19.6 Å². The van der Waals surface area contributed by atoms with Gasteiger partial charge in [-0.3, -0.25) is 4.79 Å². The van der Waals surface area contributed by atoms with Gasteiger partial charge in [0.15, 0.2) is 0 Å². The molecule has 0 spiro atoms. The molecule has 1 amide bonds. The standard InChI is InChI=1S/C18H27N3O4S/c1-14-4-6-16(7-5-14)26(23,24)20-11-15-3-2-9-21(12-15)18(22)17-13-25-10-8-19-17/h4-7,15,17,19-20H,2-3,8-13H2,1H3. The molecule has 2 aliphatic rings. The van der Waals surface area contributed by atoms with Gasteiger partial charge in [0.05, 0.1) is 18.1 Å². The zero-order chi connectivity index (χ0) is 18.6. The van der Waals surface area contributed by atoms with Crippen LogP contribution < -0.4 is 10.0 Å². The fraction of sp³-hybridized carbons (Fsp3) is 0.611. The minimum absolute atomic E-state index is 0.0517. The van der Waals surface area contributed by atoms with E-state index < -0.39 is 10.0 Å². The second-order valence-corrected chi connectivity index (χ2v) is 8.81. The van der Waals surface area contributed by atoms with Gasteiger partial charge in [-0.2, -0.15) is 0 Å². The first-order valence-electron chi connectivity index (χ1n) is 9.12. The third-order valence-electron chi connectivity index (χ3n) is 4.94. The number of sulfonamides is 1. The molecule has 2 fully saturated rings. The highest BCUT2D eigenvalue weighted by atomic mass is 32.2. The Morgan fingerprint density at radius 3 is 2.81 bits per heavy atom. The molecule has 0 radical (unpaired) electrons. The zero-order valence-electron chi connectivity index (χ0n) is 15.1. The number of nitrogens with zero attached hydrogens (tertiary/aromatic N) is 1. The van der Waals surface area contributed by atoms with Crippen LogP contribution >= 0.6 is 0 Å². The number of hydrogen-bond acceptors (Lipinski definition) is 5. The molecule has 2 N–H and O–H groups in total. The maximum atomic E-state index is 12.6. The van der Waals surface area contributed by atoms with Crippen LogP contribution in [0.1, 0.15) is 18.4 Å². The lowest BCUT2D eigenvalue weighted by Gasteiger charge is -2.36. The maximum Gasteiger partial charge on any atom is 0.242 e. The van der Waals surface area contributed by atoms with Crippen LogP contribution in [0.4, 0.5) is 0 Å². The third kappa shape index (κ3) is 4.82. The molecule has 2 atom stereocenters. The molecule has 2 heterocycles. The average Bonchev–Trinajstić information content (AvgIpc) is 2.67. The lowest BCUT2D eigenvalue weighted by molar-refractivity contribution is -0.138. The first-order chi connectivity index (χ1) is 12.5. The number of aryl methyl sites for hydroxylation is 1. The summed E-state index contributed by atoms with van der Waals surface area (Å²) in [4.78, 5) is 14.7. The number of rotatable bonds is 5. The number of likely N-dealkylation sites (tertiary alicyclic amines) is 1. The summed E-state index contributed by atoms with van der Waals surface area (Å²) in [6.07, 6.45) is 1.80. The molecule has 0 aromatic heterocycles. The SMILES string of the molecule is Cc1ccc(S(=O)(=O)NCC2CCCN(C(=O)C3COCCN3)C2)cc1. The number of ether oxygens (including phenoxy) is 1. The molecule has 26 heavy (non-hydrogen) atoms. The van der Waals surface area contributed by atoms with Gasteiger partial charge in [-0.25, -0.2) is 13.1 Å². The van der Waals surface area contributed by atoms with Crippen LogP contribution in [0, 0.1) is 12.8 Å². The second kappa shape index (κ2) is 8.47. The van der Waals surface area contributed by atoms with E-state index in [0.29, 0.717) is 32.8 Å². The summed E-state index contributed by atoms with van der Waals surface area (Å²) in [6.45, 7) is 5.28. The van der Waals surface area contributed by atoms with E-state index in [9.17, 15) is 13.2 Å². The number of morpholine rings is 1. The Hall–Kier alpha value is -1.48. The van der Waals surface area contributed by atoms with Crippen LogP contribution in [-0.4, -0.2) is 64.7 Å². The largest absolute Gasteiger partial charge is 0.378 e. The summed E-state index contributed by atoms with van der Waals surface area (Å²) in [5.74, 6) is 0.174. The van der Waals surface area contributed by atoms with E-state index in [1.807, 2.05) is 11.8 Å².